The molecule has 1 amide bonds. The maximum atomic E-state index is 12.0. The van der Waals surface area contributed by atoms with Crippen LogP contribution in [0.3, 0.4) is 0 Å². The van der Waals surface area contributed by atoms with Crippen molar-refractivity contribution in [2.24, 2.45) is 0 Å². The molecule has 1 heterocycles. The summed E-state index contributed by atoms with van der Waals surface area (Å²) in [5, 5.41) is 14.2. The standard InChI is InChI=1S/C14H19N3OS/c1-17(9-12-5-4-8-19-12)10-13(18)16-14(11-15)6-2-3-7-14/h4-5,8H,2-3,6-7,9-10H2,1H3,(H,16,18). The van der Waals surface area contributed by atoms with E-state index < -0.39 is 5.54 Å². The number of carbonyl (C=O) groups excluding carboxylic acids is 1. The zero-order valence-corrected chi connectivity index (χ0v) is 12.0. The highest BCUT2D eigenvalue weighted by molar-refractivity contribution is 7.09. The van der Waals surface area contributed by atoms with Gasteiger partial charge in [0.05, 0.1) is 12.6 Å². The fourth-order valence-corrected chi connectivity index (χ4v) is 3.30. The number of nitrogens with one attached hydrogen (secondary N) is 1. The van der Waals surface area contributed by atoms with Gasteiger partial charge in [-0.05, 0) is 44.2 Å². The van der Waals surface area contributed by atoms with Crippen LogP contribution in [0.15, 0.2) is 17.5 Å². The number of nitriles is 1. The summed E-state index contributed by atoms with van der Waals surface area (Å²) in [5.74, 6) is -0.0532. The van der Waals surface area contributed by atoms with Crippen LogP contribution in [0.25, 0.3) is 0 Å². The molecule has 0 aromatic carbocycles. The van der Waals surface area contributed by atoms with E-state index in [9.17, 15) is 10.1 Å². The van der Waals surface area contributed by atoms with Crippen LogP contribution in [0, 0.1) is 11.3 Å². The first-order valence-corrected chi connectivity index (χ1v) is 7.45. The van der Waals surface area contributed by atoms with Gasteiger partial charge in [-0.1, -0.05) is 6.07 Å². The Balaban J connectivity index is 1.82. The van der Waals surface area contributed by atoms with Crippen LogP contribution in [0.2, 0.25) is 0 Å². The normalized spacial score (nSPS) is 17.3. The molecule has 0 bridgehead atoms. The van der Waals surface area contributed by atoms with Crippen molar-refractivity contribution in [2.75, 3.05) is 13.6 Å². The molecule has 0 saturated heterocycles. The Hall–Kier alpha value is -1.38. The fourth-order valence-electron chi connectivity index (χ4n) is 2.52. The van der Waals surface area contributed by atoms with E-state index >= 15 is 0 Å². The second kappa shape index (κ2) is 6.18. The molecule has 1 aromatic rings. The molecule has 4 nitrogen and oxygen atoms in total. The van der Waals surface area contributed by atoms with Crippen LogP contribution < -0.4 is 5.32 Å². The van der Waals surface area contributed by atoms with Crippen molar-refractivity contribution >= 4 is 17.2 Å². The molecule has 1 aromatic heterocycles. The Bertz CT molecular complexity index is 458. The fraction of sp³-hybridized carbons (Fsp3) is 0.571. The molecule has 19 heavy (non-hydrogen) atoms. The zero-order valence-electron chi connectivity index (χ0n) is 11.2. The van der Waals surface area contributed by atoms with Gasteiger partial charge < -0.3 is 5.32 Å². The highest BCUT2D eigenvalue weighted by Gasteiger charge is 2.35. The van der Waals surface area contributed by atoms with Gasteiger partial charge in [0.2, 0.25) is 5.91 Å². The molecule has 1 N–H and O–H groups in total. The van der Waals surface area contributed by atoms with E-state index in [0.717, 1.165) is 32.2 Å². The quantitative estimate of drug-likeness (QED) is 0.897. The third-order valence-corrected chi connectivity index (χ3v) is 4.33. The molecule has 102 valence electrons. The van der Waals surface area contributed by atoms with Gasteiger partial charge in [-0.2, -0.15) is 5.26 Å². The second-order valence-corrected chi connectivity index (χ2v) is 6.23. The number of hydrogen-bond donors (Lipinski definition) is 1. The smallest absolute Gasteiger partial charge is 0.235 e. The van der Waals surface area contributed by atoms with Crippen molar-refractivity contribution in [1.82, 2.24) is 10.2 Å². The van der Waals surface area contributed by atoms with Crippen LogP contribution >= 0.6 is 11.3 Å². The minimum atomic E-state index is -0.610. The number of likely N-dealkylation sites (N-methyl/N-ethyl adjacent to an activating group) is 1. The summed E-state index contributed by atoms with van der Waals surface area (Å²) in [6, 6.07) is 6.35. The maximum absolute atomic E-state index is 12.0. The number of nitrogens with zero attached hydrogens (tertiary/aromatic N) is 2. The van der Waals surface area contributed by atoms with Crippen LogP contribution in [0.4, 0.5) is 0 Å². The van der Waals surface area contributed by atoms with E-state index in [4.69, 9.17) is 0 Å². The summed E-state index contributed by atoms with van der Waals surface area (Å²) < 4.78 is 0. The minimum Gasteiger partial charge on any atom is -0.337 e. The lowest BCUT2D eigenvalue weighted by molar-refractivity contribution is -0.123. The summed E-state index contributed by atoms with van der Waals surface area (Å²) in [7, 11) is 1.92. The van der Waals surface area contributed by atoms with Crippen molar-refractivity contribution in [3.63, 3.8) is 0 Å². The van der Waals surface area contributed by atoms with Crippen molar-refractivity contribution in [1.29, 1.82) is 5.26 Å². The lowest BCUT2D eigenvalue weighted by Gasteiger charge is -2.24. The number of hydrogen-bond acceptors (Lipinski definition) is 4. The van der Waals surface area contributed by atoms with E-state index in [1.807, 2.05) is 23.4 Å². The third kappa shape index (κ3) is 3.79. The van der Waals surface area contributed by atoms with Crippen molar-refractivity contribution in [3.8, 4) is 6.07 Å². The van der Waals surface area contributed by atoms with Crippen LogP contribution in [-0.4, -0.2) is 29.9 Å². The minimum absolute atomic E-state index is 0.0532. The predicted octanol–water partition coefficient (Wildman–Crippen LogP) is 2.13. The van der Waals surface area contributed by atoms with Gasteiger partial charge in [-0.15, -0.1) is 11.3 Å². The lowest BCUT2D eigenvalue weighted by atomic mass is 10.00. The number of carbonyl (C=O) groups is 1. The number of amides is 1. The highest BCUT2D eigenvalue weighted by Crippen LogP contribution is 2.28. The summed E-state index contributed by atoms with van der Waals surface area (Å²) in [4.78, 5) is 15.2. The van der Waals surface area contributed by atoms with E-state index in [2.05, 4.69) is 17.5 Å². The van der Waals surface area contributed by atoms with E-state index in [-0.39, 0.29) is 5.91 Å². The molecule has 2 rings (SSSR count). The molecule has 0 atom stereocenters. The summed E-state index contributed by atoms with van der Waals surface area (Å²) in [5.41, 5.74) is -0.610. The van der Waals surface area contributed by atoms with Crippen molar-refractivity contribution in [2.45, 2.75) is 37.8 Å². The maximum Gasteiger partial charge on any atom is 0.235 e. The Morgan fingerprint density at radius 2 is 2.32 bits per heavy atom. The third-order valence-electron chi connectivity index (χ3n) is 3.47. The van der Waals surface area contributed by atoms with E-state index in [0.29, 0.717) is 6.54 Å². The van der Waals surface area contributed by atoms with E-state index in [1.54, 1.807) is 11.3 Å². The van der Waals surface area contributed by atoms with Crippen LogP contribution in [0.5, 0.6) is 0 Å². The largest absolute Gasteiger partial charge is 0.337 e. The predicted molar refractivity (Wildman–Crippen MR) is 75.6 cm³/mol. The Kier molecular flexibility index (Phi) is 4.56. The monoisotopic (exact) mass is 277 g/mol. The average molecular weight is 277 g/mol. The molecular weight excluding hydrogens is 258 g/mol. The Morgan fingerprint density at radius 1 is 1.58 bits per heavy atom. The van der Waals surface area contributed by atoms with Crippen LogP contribution in [0.1, 0.15) is 30.6 Å². The lowest BCUT2D eigenvalue weighted by Crippen LogP contribution is -2.48. The number of thiophene rings is 1. The van der Waals surface area contributed by atoms with Crippen LogP contribution in [-0.2, 0) is 11.3 Å². The zero-order chi connectivity index (χ0) is 13.7. The molecule has 0 unspecified atom stereocenters. The van der Waals surface area contributed by atoms with Crippen molar-refractivity contribution in [3.05, 3.63) is 22.4 Å². The first kappa shape index (κ1) is 14.0. The summed E-state index contributed by atoms with van der Waals surface area (Å²) >= 11 is 1.69. The van der Waals surface area contributed by atoms with Gasteiger partial charge in [-0.3, -0.25) is 9.69 Å². The van der Waals surface area contributed by atoms with Gasteiger partial charge in [0, 0.05) is 11.4 Å². The molecule has 5 heteroatoms. The SMILES string of the molecule is CN(CC(=O)NC1(C#N)CCCC1)Cc1cccs1. The van der Waals surface area contributed by atoms with Gasteiger partial charge in [0.25, 0.3) is 0 Å². The van der Waals surface area contributed by atoms with Crippen molar-refractivity contribution < 1.29 is 4.79 Å². The van der Waals surface area contributed by atoms with Gasteiger partial charge in [0.15, 0.2) is 0 Å². The molecule has 1 aliphatic rings. The second-order valence-electron chi connectivity index (χ2n) is 5.20. The number of rotatable bonds is 5. The van der Waals surface area contributed by atoms with Gasteiger partial charge >= 0.3 is 0 Å². The summed E-state index contributed by atoms with van der Waals surface area (Å²) in [6.45, 7) is 1.10. The molecule has 1 fully saturated rings. The Labute approximate surface area is 118 Å². The molecule has 0 radical (unpaired) electrons. The molecule has 0 spiro atoms. The van der Waals surface area contributed by atoms with Gasteiger partial charge in [0.1, 0.15) is 5.54 Å². The molecule has 1 saturated carbocycles. The first-order valence-electron chi connectivity index (χ1n) is 6.57. The van der Waals surface area contributed by atoms with Gasteiger partial charge in [-0.25, -0.2) is 0 Å². The molecule has 0 aliphatic heterocycles. The average Bonchev–Trinajstić information content (AvgIpc) is 3.00. The molecular formula is C14H19N3OS. The first-order chi connectivity index (χ1) is 9.13. The summed E-state index contributed by atoms with van der Waals surface area (Å²) in [6.07, 6.45) is 3.62. The molecule has 1 aliphatic carbocycles. The Morgan fingerprint density at radius 3 is 2.89 bits per heavy atom. The topological polar surface area (TPSA) is 56.1 Å². The highest BCUT2D eigenvalue weighted by atomic mass is 32.1. The van der Waals surface area contributed by atoms with E-state index in [1.165, 1.54) is 4.88 Å².